The van der Waals surface area contributed by atoms with Gasteiger partial charge in [0.2, 0.25) is 0 Å². The Kier molecular flexibility index (Phi) is 13.8. The molecular formula is C42H58O6Si. The van der Waals surface area contributed by atoms with Crippen molar-refractivity contribution in [2.24, 2.45) is 17.8 Å². The highest BCUT2D eigenvalue weighted by atomic mass is 28.4. The van der Waals surface area contributed by atoms with Gasteiger partial charge in [-0.2, -0.15) is 0 Å². The Balaban J connectivity index is 1.49. The molecule has 0 aromatic heterocycles. The molecule has 4 rings (SSSR count). The van der Waals surface area contributed by atoms with Crippen molar-refractivity contribution in [3.8, 4) is 0 Å². The monoisotopic (exact) mass is 686 g/mol. The Bertz CT molecular complexity index is 1390. The number of hydrogen-bond acceptors (Lipinski definition) is 6. The molecule has 3 aromatic rings. The largest absolute Gasteiger partial charge is 0.459 e. The van der Waals surface area contributed by atoms with E-state index in [-0.39, 0.29) is 41.3 Å². The number of carbonyl (C=O) groups is 2. The lowest BCUT2D eigenvalue weighted by atomic mass is 9.86. The first kappa shape index (κ1) is 38.5. The molecular weight excluding hydrogens is 629 g/mol. The van der Waals surface area contributed by atoms with Crippen LogP contribution in [0.2, 0.25) is 5.04 Å². The van der Waals surface area contributed by atoms with Crippen molar-refractivity contribution < 1.29 is 28.2 Å². The minimum atomic E-state index is -2.82. The van der Waals surface area contributed by atoms with Crippen molar-refractivity contribution in [2.75, 3.05) is 13.4 Å². The predicted octanol–water partition coefficient (Wildman–Crippen LogP) is 8.72. The van der Waals surface area contributed by atoms with Crippen LogP contribution in [0.1, 0.15) is 104 Å². The fourth-order valence-electron chi connectivity index (χ4n) is 7.66. The second kappa shape index (κ2) is 17.6. The molecule has 0 bridgehead atoms. The van der Waals surface area contributed by atoms with Crippen molar-refractivity contribution >= 4 is 30.6 Å². The van der Waals surface area contributed by atoms with E-state index in [0.717, 1.165) is 38.5 Å². The second-order valence-electron chi connectivity index (χ2n) is 15.6. The van der Waals surface area contributed by atoms with E-state index in [1.54, 1.807) is 12.1 Å². The maximum Gasteiger partial charge on any atom is 0.340 e. The molecule has 7 heteroatoms. The number of rotatable bonds is 17. The number of carbonyl (C=O) groups excluding carboxylic acids is 2. The summed E-state index contributed by atoms with van der Waals surface area (Å²) in [4.78, 5) is 25.6. The number of benzene rings is 3. The maximum absolute atomic E-state index is 12.8. The smallest absolute Gasteiger partial charge is 0.340 e. The molecule has 1 fully saturated rings. The first-order valence-corrected chi connectivity index (χ1v) is 20.0. The van der Waals surface area contributed by atoms with Crippen LogP contribution in [0.3, 0.4) is 0 Å². The highest BCUT2D eigenvalue weighted by Crippen LogP contribution is 2.38. The van der Waals surface area contributed by atoms with Crippen molar-refractivity contribution in [1.82, 2.24) is 0 Å². The minimum absolute atomic E-state index is 0.0858. The predicted molar refractivity (Wildman–Crippen MR) is 199 cm³/mol. The molecule has 0 heterocycles. The zero-order valence-corrected chi connectivity index (χ0v) is 31.8. The van der Waals surface area contributed by atoms with Crippen molar-refractivity contribution in [1.29, 1.82) is 0 Å². The molecule has 0 unspecified atom stereocenters. The summed E-state index contributed by atoms with van der Waals surface area (Å²) in [5.74, 6) is 0.142. The third-order valence-corrected chi connectivity index (χ3v) is 15.1. The number of hydrogen-bond donors (Lipinski definition) is 0. The molecule has 266 valence electrons. The lowest BCUT2D eigenvalue weighted by Crippen LogP contribution is -2.67. The van der Waals surface area contributed by atoms with E-state index in [9.17, 15) is 9.59 Å². The van der Waals surface area contributed by atoms with Gasteiger partial charge in [0, 0.05) is 6.42 Å². The van der Waals surface area contributed by atoms with Gasteiger partial charge in [-0.1, -0.05) is 120 Å². The Morgan fingerprint density at radius 1 is 0.776 bits per heavy atom. The first-order valence-electron chi connectivity index (χ1n) is 18.1. The summed E-state index contributed by atoms with van der Waals surface area (Å²) in [6.45, 7) is 15.6. The van der Waals surface area contributed by atoms with Gasteiger partial charge in [-0.15, -0.1) is 0 Å². The summed E-state index contributed by atoms with van der Waals surface area (Å²) in [6, 6.07) is 30.2. The van der Waals surface area contributed by atoms with Crippen LogP contribution >= 0.6 is 0 Å². The van der Waals surface area contributed by atoms with Gasteiger partial charge in [-0.05, 0) is 90.7 Å². The zero-order valence-electron chi connectivity index (χ0n) is 30.8. The van der Waals surface area contributed by atoms with E-state index >= 15 is 0 Å². The Labute approximate surface area is 296 Å². The summed E-state index contributed by atoms with van der Waals surface area (Å²) < 4.78 is 25.2. The molecule has 0 saturated heterocycles. The maximum atomic E-state index is 12.8. The van der Waals surface area contributed by atoms with Gasteiger partial charge >= 0.3 is 11.9 Å². The molecule has 0 N–H and O–H groups in total. The van der Waals surface area contributed by atoms with Crippen LogP contribution < -0.4 is 10.4 Å². The molecule has 0 radical (unpaired) electrons. The Hall–Kier alpha value is -3.26. The summed E-state index contributed by atoms with van der Waals surface area (Å²) in [6.07, 6.45) is 6.06. The third-order valence-electron chi connectivity index (χ3n) is 10.1. The van der Waals surface area contributed by atoms with Gasteiger partial charge in [0.1, 0.15) is 5.60 Å². The van der Waals surface area contributed by atoms with Gasteiger partial charge < -0.3 is 18.6 Å². The Morgan fingerprint density at radius 3 is 1.84 bits per heavy atom. The summed E-state index contributed by atoms with van der Waals surface area (Å²) in [5.41, 5.74) is 0.193. The average Bonchev–Trinajstić information content (AvgIpc) is 3.49. The summed E-state index contributed by atoms with van der Waals surface area (Å²) >= 11 is 0. The van der Waals surface area contributed by atoms with Crippen LogP contribution in [-0.4, -0.2) is 45.4 Å². The molecule has 1 aliphatic rings. The van der Waals surface area contributed by atoms with E-state index in [4.69, 9.17) is 18.6 Å². The molecule has 0 spiro atoms. The molecule has 6 nitrogen and oxygen atoms in total. The zero-order chi connectivity index (χ0) is 35.5. The molecule has 0 amide bonds. The quantitative estimate of drug-likeness (QED) is 0.0804. The fourth-order valence-corrected chi connectivity index (χ4v) is 12.2. The SMILES string of the molecule is C[C@H](CC(=O)OC1(C)CCCC1)C[C@@H](C)C[C@@H](C)[C@H](CO[Si](c1ccccc1)(c1ccccc1)C(C)(C)C)OCOC(=O)c1ccccc1. The number of esters is 2. The van der Waals surface area contributed by atoms with Crippen LogP contribution in [0.15, 0.2) is 91.0 Å². The molecule has 3 aromatic carbocycles. The molecule has 4 atom stereocenters. The van der Waals surface area contributed by atoms with Crippen LogP contribution in [0, 0.1) is 17.8 Å². The molecule has 49 heavy (non-hydrogen) atoms. The van der Waals surface area contributed by atoms with Gasteiger partial charge in [-0.3, -0.25) is 4.79 Å². The van der Waals surface area contributed by atoms with Crippen molar-refractivity contribution in [3.05, 3.63) is 96.6 Å². The minimum Gasteiger partial charge on any atom is -0.459 e. The topological polar surface area (TPSA) is 71.1 Å². The van der Waals surface area contributed by atoms with Crippen LogP contribution in [0.4, 0.5) is 0 Å². The highest BCUT2D eigenvalue weighted by molar-refractivity contribution is 6.99. The van der Waals surface area contributed by atoms with E-state index in [2.05, 4.69) is 97.0 Å². The Morgan fingerprint density at radius 2 is 1.31 bits per heavy atom. The van der Waals surface area contributed by atoms with Gasteiger partial charge in [-0.25, -0.2) is 4.79 Å². The molecule has 0 aliphatic heterocycles. The van der Waals surface area contributed by atoms with E-state index in [1.165, 1.54) is 10.4 Å². The highest BCUT2D eigenvalue weighted by Gasteiger charge is 2.50. The first-order chi connectivity index (χ1) is 23.3. The van der Waals surface area contributed by atoms with Crippen LogP contribution in [0.5, 0.6) is 0 Å². The second-order valence-corrected chi connectivity index (χ2v) is 19.9. The lowest BCUT2D eigenvalue weighted by molar-refractivity contribution is -0.158. The van der Waals surface area contributed by atoms with Gasteiger partial charge in [0.25, 0.3) is 8.32 Å². The fraction of sp³-hybridized carbons (Fsp3) is 0.524. The van der Waals surface area contributed by atoms with E-state index in [0.29, 0.717) is 24.5 Å². The summed E-state index contributed by atoms with van der Waals surface area (Å²) in [7, 11) is -2.82. The van der Waals surface area contributed by atoms with Crippen LogP contribution in [-0.2, 0) is 23.4 Å². The van der Waals surface area contributed by atoms with Gasteiger partial charge in [0.15, 0.2) is 6.79 Å². The van der Waals surface area contributed by atoms with Crippen molar-refractivity contribution in [2.45, 2.75) is 110 Å². The van der Waals surface area contributed by atoms with Crippen molar-refractivity contribution in [3.63, 3.8) is 0 Å². The van der Waals surface area contributed by atoms with E-state index < -0.39 is 14.3 Å². The molecule has 1 saturated carbocycles. The normalized spacial score (nSPS) is 17.1. The average molecular weight is 687 g/mol. The summed E-state index contributed by atoms with van der Waals surface area (Å²) in [5, 5.41) is 2.23. The van der Waals surface area contributed by atoms with Gasteiger partial charge in [0.05, 0.1) is 18.3 Å². The molecule has 1 aliphatic carbocycles. The number of ether oxygens (including phenoxy) is 3. The lowest BCUT2D eigenvalue weighted by Gasteiger charge is -2.44. The third kappa shape index (κ3) is 10.6. The van der Waals surface area contributed by atoms with E-state index in [1.807, 2.05) is 30.3 Å². The van der Waals surface area contributed by atoms with Crippen LogP contribution in [0.25, 0.3) is 0 Å². The standard InChI is InChI=1S/C42H58O6Si/c1-32(27-33(2)29-39(43)48-42(7)25-17-18-26-42)28-34(3)38(45-31-46-40(44)35-19-11-8-12-20-35)30-47-49(41(4,5)6,36-21-13-9-14-22-36)37-23-15-10-16-24-37/h8-16,19-24,32-34,38H,17-18,25-31H2,1-7H3/t32-,33+,34-,38+/m1/s1.